The minimum Gasteiger partial charge on any atom is -0.441 e. The molecule has 0 aliphatic carbocycles. The van der Waals surface area contributed by atoms with Gasteiger partial charge < -0.3 is 29.3 Å². The van der Waals surface area contributed by atoms with E-state index in [1.165, 1.54) is 28.9 Å². The van der Waals surface area contributed by atoms with Crippen molar-refractivity contribution < 1.29 is 33.4 Å². The van der Waals surface area contributed by atoms with E-state index in [9.17, 15) is 19.2 Å². The van der Waals surface area contributed by atoms with Crippen molar-refractivity contribution in [1.29, 1.82) is 0 Å². The number of imide groups is 1. The molecule has 6 aliphatic rings. The molecule has 0 atom stereocenters. The van der Waals surface area contributed by atoms with Crippen LogP contribution in [0.4, 0.5) is 11.4 Å². The average molecular weight is 719 g/mol. The molecule has 12 heteroatoms. The summed E-state index contributed by atoms with van der Waals surface area (Å²) in [6.07, 6.45) is 6.39. The molecule has 268 valence electrons. The van der Waals surface area contributed by atoms with Gasteiger partial charge in [0.1, 0.15) is 8.07 Å². The Morgan fingerprint density at radius 2 is 1.37 bits per heavy atom. The summed E-state index contributed by atoms with van der Waals surface area (Å²) in [5, 5.41) is 5.50. The number of nitrogens with zero attached hydrogens (tertiary/aromatic N) is 3. The first-order valence-electron chi connectivity index (χ1n) is 18.3. The number of methoxy groups -OCH3 is 2. The Bertz CT molecular complexity index is 1960. The van der Waals surface area contributed by atoms with Gasteiger partial charge in [-0.15, -0.1) is 0 Å². The van der Waals surface area contributed by atoms with E-state index in [0.29, 0.717) is 16.7 Å². The quantitative estimate of drug-likeness (QED) is 0.213. The molecule has 2 spiro atoms. The lowest BCUT2D eigenvalue weighted by Gasteiger charge is -2.49. The minimum absolute atomic E-state index is 0.0648. The second-order valence-corrected chi connectivity index (χ2v) is 19.1. The molecule has 0 bridgehead atoms. The van der Waals surface area contributed by atoms with Crippen LogP contribution in [0.2, 0.25) is 12.1 Å². The number of rotatable bonds is 8. The smallest absolute Gasteiger partial charge is 0.340 e. The maximum absolute atomic E-state index is 14.0. The third-order valence-corrected chi connectivity index (χ3v) is 17.5. The Hall–Kier alpha value is -4.78. The Balaban J connectivity index is 1.17. The van der Waals surface area contributed by atoms with Crippen LogP contribution in [-0.4, -0.2) is 102 Å². The van der Waals surface area contributed by atoms with Crippen LogP contribution in [0.25, 0.3) is 0 Å². The number of hydrogen-bond donors (Lipinski definition) is 1. The molecule has 0 aromatic heterocycles. The van der Waals surface area contributed by atoms with Gasteiger partial charge in [-0.1, -0.05) is 31.4 Å². The first kappa shape index (κ1) is 33.1. The highest BCUT2D eigenvalue weighted by molar-refractivity contribution is 7.03. The fraction of sp³-hybridized carbons (Fsp3) is 0.400. The van der Waals surface area contributed by atoms with Gasteiger partial charge in [0.15, 0.2) is 5.60 Å². The lowest BCUT2D eigenvalue weighted by Crippen LogP contribution is -2.67. The van der Waals surface area contributed by atoms with Crippen molar-refractivity contribution in [3.05, 3.63) is 94.6 Å². The van der Waals surface area contributed by atoms with Gasteiger partial charge in [0.05, 0.1) is 17.8 Å². The average Bonchev–Trinajstić information content (AvgIpc) is 3.61. The molecular formula is C40H42N4O7Si. The largest absolute Gasteiger partial charge is 0.441 e. The molecule has 6 heterocycles. The van der Waals surface area contributed by atoms with Gasteiger partial charge in [-0.25, -0.2) is 4.79 Å². The topological polar surface area (TPSA) is 118 Å². The standard InChI is InChI=1S/C40H42N4O7Si/c1-49-28-21-42(22-28)26-7-10-31-34(19-26)52(16-4-3-5-17-52)35-20-27(43-23-29(24-43)50-2)8-11-32(35)40(31)33-18-25(6-9-30(33)39(48)51-40)38(47)41-14-15-44-36(45)12-13-37(44)46/h6-13,18-20,28-29H,3-5,14-17,21-24H2,1-2H3,(H,41,47). The lowest BCUT2D eigenvalue weighted by molar-refractivity contribution is -0.136. The van der Waals surface area contributed by atoms with Crippen molar-refractivity contribution in [2.75, 3.05) is 63.3 Å². The van der Waals surface area contributed by atoms with Crippen molar-refractivity contribution in [1.82, 2.24) is 10.2 Å². The Labute approximate surface area is 303 Å². The number of esters is 1. The van der Waals surface area contributed by atoms with Crippen LogP contribution in [0.5, 0.6) is 0 Å². The summed E-state index contributed by atoms with van der Waals surface area (Å²) in [6.45, 7) is 3.49. The molecule has 0 radical (unpaired) electrons. The Morgan fingerprint density at radius 3 is 1.92 bits per heavy atom. The summed E-state index contributed by atoms with van der Waals surface area (Å²) in [5.41, 5.74) is 4.57. The van der Waals surface area contributed by atoms with E-state index in [1.807, 2.05) is 0 Å². The molecule has 3 aromatic carbocycles. The number of fused-ring (bicyclic) bond motifs is 8. The summed E-state index contributed by atoms with van der Waals surface area (Å²) >= 11 is 0. The van der Waals surface area contributed by atoms with Gasteiger partial charge in [-0.3, -0.25) is 19.3 Å². The maximum Gasteiger partial charge on any atom is 0.340 e. The van der Waals surface area contributed by atoms with Gasteiger partial charge in [0.25, 0.3) is 17.7 Å². The van der Waals surface area contributed by atoms with Gasteiger partial charge in [-0.05, 0) is 64.9 Å². The van der Waals surface area contributed by atoms with E-state index in [4.69, 9.17) is 14.2 Å². The highest BCUT2D eigenvalue weighted by atomic mass is 28.3. The van der Waals surface area contributed by atoms with Crippen LogP contribution in [0.1, 0.15) is 56.7 Å². The van der Waals surface area contributed by atoms with Gasteiger partial charge in [0.2, 0.25) is 0 Å². The van der Waals surface area contributed by atoms with E-state index in [-0.39, 0.29) is 31.2 Å². The molecule has 11 nitrogen and oxygen atoms in total. The van der Waals surface area contributed by atoms with Crippen molar-refractivity contribution in [2.45, 2.75) is 49.2 Å². The van der Waals surface area contributed by atoms with Gasteiger partial charge in [0, 0.05) is 99.3 Å². The number of anilines is 2. The fourth-order valence-corrected chi connectivity index (χ4v) is 15.0. The van der Waals surface area contributed by atoms with Gasteiger partial charge in [-0.2, -0.15) is 0 Å². The van der Waals surface area contributed by atoms with Crippen LogP contribution < -0.4 is 25.5 Å². The zero-order chi connectivity index (χ0) is 35.8. The van der Waals surface area contributed by atoms with Crippen LogP contribution in [0.15, 0.2) is 66.7 Å². The monoisotopic (exact) mass is 718 g/mol. The Kier molecular flexibility index (Phi) is 7.90. The van der Waals surface area contributed by atoms with E-state index in [0.717, 1.165) is 78.5 Å². The third-order valence-electron chi connectivity index (χ3n) is 12.2. The molecule has 9 rings (SSSR count). The predicted octanol–water partition coefficient (Wildman–Crippen LogP) is 2.53. The first-order valence-corrected chi connectivity index (χ1v) is 20.7. The second kappa shape index (κ2) is 12.4. The van der Waals surface area contributed by atoms with Crippen molar-refractivity contribution in [3.8, 4) is 0 Å². The molecule has 0 saturated carbocycles. The second-order valence-electron chi connectivity index (χ2n) is 14.9. The highest BCUT2D eigenvalue weighted by Gasteiger charge is 2.59. The summed E-state index contributed by atoms with van der Waals surface area (Å²) in [4.78, 5) is 57.5. The number of nitrogens with one attached hydrogen (secondary N) is 1. The summed E-state index contributed by atoms with van der Waals surface area (Å²) in [6, 6.07) is 20.8. The number of ether oxygens (including phenoxy) is 3. The summed E-state index contributed by atoms with van der Waals surface area (Å²) in [5.74, 6) is -1.56. The minimum atomic E-state index is -2.36. The number of carbonyl (C=O) groups excluding carboxylic acids is 4. The number of amides is 3. The van der Waals surface area contributed by atoms with E-state index >= 15 is 0 Å². The fourth-order valence-electron chi connectivity index (χ4n) is 9.28. The SMILES string of the molecule is COC1CN(c2ccc3c(c2)[Si]2(CCCCC2)c2cc(N4CC(OC)C4)ccc2C32OC(=O)c3ccc(C(=O)NCCN4C(=O)C=CC4=O)cc32)C1. The zero-order valence-electron chi connectivity index (χ0n) is 29.5. The molecule has 52 heavy (non-hydrogen) atoms. The molecule has 3 saturated heterocycles. The predicted molar refractivity (Wildman–Crippen MR) is 197 cm³/mol. The zero-order valence-corrected chi connectivity index (χ0v) is 30.5. The molecule has 3 aromatic rings. The Morgan fingerprint density at radius 1 is 0.788 bits per heavy atom. The summed E-state index contributed by atoms with van der Waals surface area (Å²) in [7, 11) is 1.16. The normalized spacial score (nSPS) is 21.2. The molecule has 6 aliphatic heterocycles. The molecule has 0 unspecified atom stereocenters. The highest BCUT2D eigenvalue weighted by Crippen LogP contribution is 2.51. The lowest BCUT2D eigenvalue weighted by atomic mass is 9.78. The van der Waals surface area contributed by atoms with Crippen molar-refractivity contribution >= 4 is 53.5 Å². The van der Waals surface area contributed by atoms with E-state index in [2.05, 4.69) is 51.5 Å². The van der Waals surface area contributed by atoms with Crippen LogP contribution in [0, 0.1) is 0 Å². The molecule has 1 N–H and O–H groups in total. The van der Waals surface area contributed by atoms with Crippen molar-refractivity contribution in [3.63, 3.8) is 0 Å². The van der Waals surface area contributed by atoms with E-state index in [1.54, 1.807) is 32.4 Å². The third kappa shape index (κ3) is 4.91. The molecule has 3 fully saturated rings. The van der Waals surface area contributed by atoms with Crippen LogP contribution in [-0.2, 0) is 29.4 Å². The number of benzene rings is 3. The summed E-state index contributed by atoms with van der Waals surface area (Å²) < 4.78 is 17.9. The van der Waals surface area contributed by atoms with Crippen LogP contribution in [0.3, 0.4) is 0 Å². The maximum atomic E-state index is 14.0. The van der Waals surface area contributed by atoms with Crippen LogP contribution >= 0.6 is 0 Å². The van der Waals surface area contributed by atoms with E-state index < -0.39 is 31.5 Å². The molecular weight excluding hydrogens is 677 g/mol. The molecule has 3 amide bonds. The number of carbonyl (C=O) groups is 4. The first-order chi connectivity index (χ1) is 25.3. The van der Waals surface area contributed by atoms with Gasteiger partial charge >= 0.3 is 5.97 Å². The van der Waals surface area contributed by atoms with Crippen molar-refractivity contribution in [2.24, 2.45) is 0 Å². The number of hydrogen-bond acceptors (Lipinski definition) is 9.